The van der Waals surface area contributed by atoms with E-state index in [4.69, 9.17) is 33.0 Å². The number of amides is 1. The first kappa shape index (κ1) is 33.3. The van der Waals surface area contributed by atoms with Crippen LogP contribution in [0.2, 0.25) is 0 Å². The number of carbonyl (C=O) groups excluding carboxylic acids is 1. The van der Waals surface area contributed by atoms with Gasteiger partial charge in [-0.1, -0.05) is 26.0 Å². The molecule has 0 saturated heterocycles. The number of benzene rings is 2. The lowest BCUT2D eigenvalue weighted by molar-refractivity contribution is 0.0991. The van der Waals surface area contributed by atoms with Crippen molar-refractivity contribution < 1.29 is 46.1 Å². The normalized spacial score (nSPS) is 13.7. The molecule has 0 saturated carbocycles. The average Bonchev–Trinajstić information content (AvgIpc) is 3.84. The van der Waals surface area contributed by atoms with E-state index < -0.39 is 28.3 Å². The number of pyridine rings is 1. The van der Waals surface area contributed by atoms with Gasteiger partial charge in [-0.15, -0.1) is 0 Å². The maximum atomic E-state index is 13.9. The second-order valence-corrected chi connectivity index (χ2v) is 13.5. The highest BCUT2D eigenvalue weighted by Gasteiger charge is 2.33. The van der Waals surface area contributed by atoms with Gasteiger partial charge in [0.1, 0.15) is 23.5 Å². The summed E-state index contributed by atoms with van der Waals surface area (Å²) in [6, 6.07) is 16.9. The Hall–Kier alpha value is -5.56. The first-order valence-corrected chi connectivity index (χ1v) is 16.7. The summed E-state index contributed by atoms with van der Waals surface area (Å²) in [5.74, 6) is 1.70. The Morgan fingerprint density at radius 1 is 1.06 bits per heavy atom. The smallest absolute Gasteiger partial charge is 0.413 e. The summed E-state index contributed by atoms with van der Waals surface area (Å²) in [4.78, 5) is 17.2. The van der Waals surface area contributed by atoms with Crippen molar-refractivity contribution >= 4 is 27.3 Å². The third kappa shape index (κ3) is 7.78. The lowest BCUT2D eigenvalue weighted by atomic mass is 10.0. The molecule has 14 nitrogen and oxygen atoms in total. The lowest BCUT2D eigenvalue weighted by Crippen LogP contribution is -2.51. The molecule has 0 unspecified atom stereocenters. The van der Waals surface area contributed by atoms with Gasteiger partial charge in [-0.3, -0.25) is 0 Å². The molecule has 0 fully saturated rings. The summed E-state index contributed by atoms with van der Waals surface area (Å²) in [7, 11) is -4.12. The molecule has 2 N–H and O–H groups in total. The molecule has 2 atom stereocenters. The predicted molar refractivity (Wildman–Crippen MR) is 173 cm³/mol. The van der Waals surface area contributed by atoms with Gasteiger partial charge in [-0.25, -0.2) is 18.2 Å². The van der Waals surface area contributed by atoms with Gasteiger partial charge in [0, 0.05) is 31.4 Å². The van der Waals surface area contributed by atoms with Crippen molar-refractivity contribution in [1.29, 1.82) is 5.26 Å². The van der Waals surface area contributed by atoms with Crippen LogP contribution in [0.5, 0.6) is 28.9 Å². The van der Waals surface area contributed by atoms with Crippen molar-refractivity contribution in [3.05, 3.63) is 90.5 Å². The van der Waals surface area contributed by atoms with Gasteiger partial charge in [0.25, 0.3) is 0 Å². The van der Waals surface area contributed by atoms with E-state index in [-0.39, 0.29) is 48.6 Å². The number of hydrogen-bond donors (Lipinski definition) is 2. The number of hydrogen-bond acceptors (Lipinski definition) is 12. The molecule has 254 valence electrons. The minimum absolute atomic E-state index is 0.0128. The van der Waals surface area contributed by atoms with E-state index in [0.29, 0.717) is 39.6 Å². The number of rotatable bonds is 13. The molecule has 0 radical (unpaired) electrons. The molecule has 15 heteroatoms. The number of nitrogens with one attached hydrogen (secondary N) is 1. The van der Waals surface area contributed by atoms with Crippen molar-refractivity contribution in [2.75, 3.05) is 19.9 Å². The molecule has 0 spiro atoms. The van der Waals surface area contributed by atoms with Crippen LogP contribution >= 0.6 is 0 Å². The number of fused-ring (bicyclic) bond motifs is 2. The van der Waals surface area contributed by atoms with Crippen LogP contribution in [0.4, 0.5) is 4.79 Å². The quantitative estimate of drug-likeness (QED) is 0.164. The Labute approximate surface area is 281 Å². The van der Waals surface area contributed by atoms with Gasteiger partial charge in [0.2, 0.25) is 22.7 Å². The van der Waals surface area contributed by atoms with Crippen molar-refractivity contribution in [3.8, 4) is 34.9 Å². The van der Waals surface area contributed by atoms with E-state index in [1.165, 1.54) is 41.2 Å². The van der Waals surface area contributed by atoms with E-state index in [0.717, 1.165) is 0 Å². The van der Waals surface area contributed by atoms with E-state index in [9.17, 15) is 18.3 Å². The monoisotopic (exact) mass is 688 g/mol. The van der Waals surface area contributed by atoms with Crippen molar-refractivity contribution in [1.82, 2.24) is 14.6 Å². The van der Waals surface area contributed by atoms with Crippen LogP contribution in [0.25, 0.3) is 11.2 Å². The molecule has 6 rings (SSSR count). The number of ether oxygens (including phenoxy) is 4. The molecule has 4 heterocycles. The Morgan fingerprint density at radius 2 is 1.86 bits per heavy atom. The second kappa shape index (κ2) is 14.3. The Bertz CT molecular complexity index is 2070. The molecular formula is C34H32N4O10S. The first-order chi connectivity index (χ1) is 23.6. The number of aliphatic hydroxyl groups is 1. The summed E-state index contributed by atoms with van der Waals surface area (Å²) >= 11 is 0. The van der Waals surface area contributed by atoms with Crippen LogP contribution in [0, 0.1) is 17.2 Å². The predicted octanol–water partition coefficient (Wildman–Crippen LogP) is 5.22. The molecule has 49 heavy (non-hydrogen) atoms. The van der Waals surface area contributed by atoms with E-state index >= 15 is 0 Å². The first-order valence-electron chi connectivity index (χ1n) is 15.2. The molecule has 1 aliphatic heterocycles. The van der Waals surface area contributed by atoms with E-state index in [1.54, 1.807) is 42.5 Å². The highest BCUT2D eigenvalue weighted by Crippen LogP contribution is 2.35. The van der Waals surface area contributed by atoms with Gasteiger partial charge >= 0.3 is 11.9 Å². The van der Waals surface area contributed by atoms with Crippen molar-refractivity contribution in [3.63, 3.8) is 0 Å². The zero-order valence-corrected chi connectivity index (χ0v) is 27.3. The zero-order valence-electron chi connectivity index (χ0n) is 26.4. The van der Waals surface area contributed by atoms with Crippen molar-refractivity contribution in [2.24, 2.45) is 5.92 Å². The molecule has 5 aromatic rings. The highest BCUT2D eigenvalue weighted by atomic mass is 32.2. The number of nitrogens with zero attached hydrogens (tertiary/aromatic N) is 3. The number of nitriles is 1. The van der Waals surface area contributed by atoms with Gasteiger partial charge in [-0.05, 0) is 54.3 Å². The Kier molecular flexibility index (Phi) is 9.72. The maximum Gasteiger partial charge on any atom is 0.413 e. The largest absolute Gasteiger partial charge is 0.454 e. The SMILES string of the molecule is CC(C)CN(C[C@@H](O)[C@H](Cc1ccc(Oc2ccc(C#N)cn2)cc1)NC(=O)Oc1coc2occc12)S(=O)(=O)c1ccc2c(c1)OCO2. The maximum absolute atomic E-state index is 13.9. The Morgan fingerprint density at radius 3 is 2.59 bits per heavy atom. The number of sulfonamides is 1. The number of aromatic nitrogens is 1. The van der Waals surface area contributed by atoms with Gasteiger partial charge in [0.05, 0.1) is 28.9 Å². The summed E-state index contributed by atoms with van der Waals surface area (Å²) in [5, 5.41) is 23.7. The van der Waals surface area contributed by atoms with Crippen LogP contribution in [0.15, 0.2) is 93.1 Å². The second-order valence-electron chi connectivity index (χ2n) is 11.6. The topological polar surface area (TPSA) is 187 Å². The molecule has 0 aliphatic carbocycles. The number of carbonyl (C=O) groups is 1. The van der Waals surface area contributed by atoms with Gasteiger partial charge in [-0.2, -0.15) is 9.57 Å². The zero-order chi connectivity index (χ0) is 34.5. The summed E-state index contributed by atoms with van der Waals surface area (Å²) < 4.78 is 61.4. The minimum Gasteiger partial charge on any atom is -0.454 e. The molecule has 0 bridgehead atoms. The van der Waals surface area contributed by atoms with Gasteiger partial charge in [0.15, 0.2) is 17.2 Å². The fourth-order valence-corrected chi connectivity index (χ4v) is 6.80. The molecule has 1 amide bonds. The summed E-state index contributed by atoms with van der Waals surface area (Å²) in [6.07, 6.45) is 1.83. The van der Waals surface area contributed by atoms with E-state index in [2.05, 4.69) is 10.3 Å². The third-order valence-electron chi connectivity index (χ3n) is 7.55. The van der Waals surface area contributed by atoms with Crippen LogP contribution in [-0.4, -0.2) is 60.9 Å². The lowest BCUT2D eigenvalue weighted by Gasteiger charge is -2.30. The Balaban J connectivity index is 1.22. The molecule has 1 aliphatic rings. The van der Waals surface area contributed by atoms with Gasteiger partial charge < -0.3 is 38.2 Å². The standard InChI is InChI=1S/C34H32N4O10S/c1-21(2)17-38(49(41,42)25-8-9-29-30(14-25)46-20-45-29)18-28(39)27(37-34(40)48-31-19-44-33-26(31)11-12-43-33)13-22-3-6-24(7-4-22)47-32-10-5-23(15-35)16-36-32/h3-12,14,16,19,21,27-28,39H,13,17-18,20H2,1-2H3,(H,37,40)/t27-,28+/m0/s1. The summed E-state index contributed by atoms with van der Waals surface area (Å²) in [6.45, 7) is 3.46. The average molecular weight is 689 g/mol. The molecule has 3 aromatic heterocycles. The van der Waals surface area contributed by atoms with Crippen LogP contribution in [0.1, 0.15) is 25.0 Å². The van der Waals surface area contributed by atoms with E-state index in [1.807, 2.05) is 19.9 Å². The van der Waals surface area contributed by atoms with Crippen LogP contribution < -0.4 is 24.3 Å². The molecule has 2 aromatic carbocycles. The highest BCUT2D eigenvalue weighted by molar-refractivity contribution is 7.89. The fraction of sp³-hybridized carbons (Fsp3) is 0.265. The third-order valence-corrected chi connectivity index (χ3v) is 9.37. The van der Waals surface area contributed by atoms with Crippen LogP contribution in [0.3, 0.4) is 0 Å². The number of furan rings is 2. The fourth-order valence-electron chi connectivity index (χ4n) is 5.16. The summed E-state index contributed by atoms with van der Waals surface area (Å²) in [5.41, 5.74) is 1.09. The number of aliphatic hydroxyl groups excluding tert-OH is 1. The van der Waals surface area contributed by atoms with Crippen LogP contribution in [-0.2, 0) is 16.4 Å². The minimum atomic E-state index is -4.12. The van der Waals surface area contributed by atoms with Crippen molar-refractivity contribution in [2.45, 2.75) is 37.3 Å². The molecular weight excluding hydrogens is 656 g/mol.